The molecule has 1 aliphatic carbocycles. The number of morpholine rings is 1. The molecule has 4 nitrogen and oxygen atoms in total. The summed E-state index contributed by atoms with van der Waals surface area (Å²) in [6.45, 7) is 3.68. The van der Waals surface area contributed by atoms with Crippen LogP contribution in [-0.2, 0) is 4.74 Å². The molecule has 0 bridgehead atoms. The minimum absolute atomic E-state index is 0.0976. The molecule has 0 aromatic heterocycles. The van der Waals surface area contributed by atoms with Gasteiger partial charge < -0.3 is 15.0 Å². The normalized spacial score (nSPS) is 23.2. The number of nitrogens with one attached hydrogen (secondary N) is 1. The lowest BCUT2D eigenvalue weighted by atomic mass is 9.91. The van der Waals surface area contributed by atoms with Gasteiger partial charge in [0, 0.05) is 19.6 Å². The second kappa shape index (κ2) is 7.62. The number of carbonyl (C=O) groups excluding carboxylic acids is 1. The Bertz CT molecular complexity index is 244. The van der Waals surface area contributed by atoms with E-state index in [2.05, 4.69) is 5.32 Å². The molecule has 0 unspecified atom stereocenters. The molecule has 2 rings (SSSR count). The van der Waals surface area contributed by atoms with E-state index in [0.717, 1.165) is 19.6 Å². The molecule has 2 aliphatic rings. The van der Waals surface area contributed by atoms with Crippen molar-refractivity contribution in [3.63, 3.8) is 0 Å². The molecule has 18 heavy (non-hydrogen) atoms. The van der Waals surface area contributed by atoms with Crippen LogP contribution in [0.3, 0.4) is 0 Å². The van der Waals surface area contributed by atoms with E-state index in [9.17, 15) is 4.79 Å². The number of amides is 2. The highest BCUT2D eigenvalue weighted by molar-refractivity contribution is 5.74. The monoisotopic (exact) mass is 254 g/mol. The predicted molar refractivity (Wildman–Crippen MR) is 71.6 cm³/mol. The molecule has 2 fully saturated rings. The largest absolute Gasteiger partial charge is 0.378 e. The van der Waals surface area contributed by atoms with Gasteiger partial charge in [0.1, 0.15) is 0 Å². The lowest BCUT2D eigenvalue weighted by Gasteiger charge is -2.28. The minimum atomic E-state index is 0.0976. The van der Waals surface area contributed by atoms with Crippen LogP contribution < -0.4 is 5.32 Å². The van der Waals surface area contributed by atoms with Gasteiger partial charge in [-0.3, -0.25) is 0 Å². The molecule has 0 aromatic rings. The smallest absolute Gasteiger partial charge is 0.317 e. The van der Waals surface area contributed by atoms with Crippen LogP contribution in [0, 0.1) is 5.92 Å². The molecule has 1 heterocycles. The molecule has 1 aliphatic heterocycles. The molecule has 4 heteroatoms. The molecule has 0 spiro atoms. The summed E-state index contributed by atoms with van der Waals surface area (Å²) in [6.07, 6.45) is 9.36. The van der Waals surface area contributed by atoms with Gasteiger partial charge in [0.05, 0.1) is 13.2 Å². The zero-order valence-corrected chi connectivity index (χ0v) is 11.3. The molecule has 104 valence electrons. The maximum Gasteiger partial charge on any atom is 0.317 e. The van der Waals surface area contributed by atoms with Gasteiger partial charge >= 0.3 is 6.03 Å². The number of urea groups is 1. The third-order valence-electron chi connectivity index (χ3n) is 4.07. The Balaban J connectivity index is 1.67. The Morgan fingerprint density at radius 2 is 1.67 bits per heavy atom. The van der Waals surface area contributed by atoms with Gasteiger partial charge in [-0.05, 0) is 18.8 Å². The SMILES string of the molecule is O=C(NCC1CCCCCCC1)N1CCOCC1. The number of carbonyl (C=O) groups is 1. The van der Waals surface area contributed by atoms with E-state index < -0.39 is 0 Å². The lowest BCUT2D eigenvalue weighted by molar-refractivity contribution is 0.0529. The Morgan fingerprint density at radius 3 is 2.33 bits per heavy atom. The van der Waals surface area contributed by atoms with Crippen molar-refractivity contribution in [1.82, 2.24) is 10.2 Å². The van der Waals surface area contributed by atoms with Crippen molar-refractivity contribution in [3.05, 3.63) is 0 Å². The Kier molecular flexibility index (Phi) is 5.78. The molecule has 1 saturated heterocycles. The fraction of sp³-hybridized carbons (Fsp3) is 0.929. The molecule has 1 saturated carbocycles. The van der Waals surface area contributed by atoms with Crippen molar-refractivity contribution < 1.29 is 9.53 Å². The third-order valence-corrected chi connectivity index (χ3v) is 4.07. The zero-order chi connectivity index (χ0) is 12.6. The number of ether oxygens (including phenoxy) is 1. The van der Waals surface area contributed by atoms with Crippen molar-refractivity contribution in [2.75, 3.05) is 32.8 Å². The summed E-state index contributed by atoms with van der Waals surface area (Å²) in [4.78, 5) is 13.8. The molecular weight excluding hydrogens is 228 g/mol. The van der Waals surface area contributed by atoms with Crippen LogP contribution in [-0.4, -0.2) is 43.8 Å². The molecule has 0 atom stereocenters. The van der Waals surface area contributed by atoms with Crippen LogP contribution in [0.5, 0.6) is 0 Å². The average Bonchev–Trinajstić information content (AvgIpc) is 2.38. The van der Waals surface area contributed by atoms with Crippen molar-refractivity contribution in [1.29, 1.82) is 0 Å². The summed E-state index contributed by atoms with van der Waals surface area (Å²) in [5.41, 5.74) is 0. The van der Waals surface area contributed by atoms with Crippen LogP contribution in [0.4, 0.5) is 4.79 Å². The van der Waals surface area contributed by atoms with Crippen LogP contribution in [0.15, 0.2) is 0 Å². The maximum atomic E-state index is 12.0. The van der Waals surface area contributed by atoms with E-state index in [1.54, 1.807) is 0 Å². The fourth-order valence-corrected chi connectivity index (χ4v) is 2.85. The van der Waals surface area contributed by atoms with E-state index >= 15 is 0 Å². The van der Waals surface area contributed by atoms with Gasteiger partial charge in [0.15, 0.2) is 0 Å². The molecule has 2 amide bonds. The number of nitrogens with zero attached hydrogens (tertiary/aromatic N) is 1. The molecule has 0 radical (unpaired) electrons. The van der Waals surface area contributed by atoms with Gasteiger partial charge in [-0.15, -0.1) is 0 Å². The highest BCUT2D eigenvalue weighted by Crippen LogP contribution is 2.21. The first-order valence-electron chi connectivity index (χ1n) is 7.47. The zero-order valence-electron chi connectivity index (χ0n) is 11.3. The Labute approximate surface area is 110 Å². The fourth-order valence-electron chi connectivity index (χ4n) is 2.85. The van der Waals surface area contributed by atoms with Crippen molar-refractivity contribution in [2.45, 2.75) is 44.9 Å². The molecular formula is C14H26N2O2. The first kappa shape index (κ1) is 13.7. The van der Waals surface area contributed by atoms with Gasteiger partial charge in [-0.2, -0.15) is 0 Å². The summed E-state index contributed by atoms with van der Waals surface area (Å²) >= 11 is 0. The maximum absolute atomic E-state index is 12.0. The Hall–Kier alpha value is -0.770. The molecule has 1 N–H and O–H groups in total. The molecule has 0 aromatic carbocycles. The van der Waals surface area contributed by atoms with Crippen molar-refractivity contribution in [3.8, 4) is 0 Å². The van der Waals surface area contributed by atoms with Crippen LogP contribution in [0.25, 0.3) is 0 Å². The van der Waals surface area contributed by atoms with Gasteiger partial charge in [0.25, 0.3) is 0 Å². The summed E-state index contributed by atoms with van der Waals surface area (Å²) < 4.78 is 5.25. The van der Waals surface area contributed by atoms with Crippen molar-refractivity contribution in [2.24, 2.45) is 5.92 Å². The van der Waals surface area contributed by atoms with E-state index in [0.29, 0.717) is 19.1 Å². The predicted octanol–water partition coefficient (Wildman–Crippen LogP) is 2.39. The van der Waals surface area contributed by atoms with Crippen LogP contribution in [0.2, 0.25) is 0 Å². The highest BCUT2D eigenvalue weighted by Gasteiger charge is 2.18. The second-order valence-corrected chi connectivity index (χ2v) is 5.50. The van der Waals surface area contributed by atoms with Gasteiger partial charge in [-0.25, -0.2) is 4.79 Å². The highest BCUT2D eigenvalue weighted by atomic mass is 16.5. The second-order valence-electron chi connectivity index (χ2n) is 5.50. The average molecular weight is 254 g/mol. The first-order valence-corrected chi connectivity index (χ1v) is 7.47. The Morgan fingerprint density at radius 1 is 1.06 bits per heavy atom. The number of hydrogen-bond donors (Lipinski definition) is 1. The van der Waals surface area contributed by atoms with Crippen LogP contribution in [0.1, 0.15) is 44.9 Å². The van der Waals surface area contributed by atoms with Crippen LogP contribution >= 0.6 is 0 Å². The quantitative estimate of drug-likeness (QED) is 0.822. The summed E-state index contributed by atoms with van der Waals surface area (Å²) in [5.74, 6) is 0.690. The third kappa shape index (κ3) is 4.48. The van der Waals surface area contributed by atoms with Gasteiger partial charge in [-0.1, -0.05) is 32.1 Å². The summed E-state index contributed by atoms with van der Waals surface area (Å²) in [6, 6.07) is 0.0976. The topological polar surface area (TPSA) is 41.6 Å². The first-order chi connectivity index (χ1) is 8.86. The lowest BCUT2D eigenvalue weighted by Crippen LogP contribution is -2.47. The minimum Gasteiger partial charge on any atom is -0.378 e. The van der Waals surface area contributed by atoms with E-state index in [1.807, 2.05) is 4.90 Å². The summed E-state index contributed by atoms with van der Waals surface area (Å²) in [7, 11) is 0. The van der Waals surface area contributed by atoms with E-state index in [4.69, 9.17) is 4.74 Å². The number of hydrogen-bond acceptors (Lipinski definition) is 2. The van der Waals surface area contributed by atoms with Crippen molar-refractivity contribution >= 4 is 6.03 Å². The van der Waals surface area contributed by atoms with Gasteiger partial charge in [0.2, 0.25) is 0 Å². The standard InChI is InChI=1S/C14H26N2O2/c17-14(16-8-10-18-11-9-16)15-12-13-6-4-2-1-3-5-7-13/h13H,1-12H2,(H,15,17). The number of rotatable bonds is 2. The summed E-state index contributed by atoms with van der Waals surface area (Å²) in [5, 5.41) is 3.10. The van der Waals surface area contributed by atoms with E-state index in [1.165, 1.54) is 44.9 Å². The van der Waals surface area contributed by atoms with E-state index in [-0.39, 0.29) is 6.03 Å².